The normalized spacial score (nSPS) is 15.7. The van der Waals surface area contributed by atoms with E-state index in [0.29, 0.717) is 11.4 Å². The van der Waals surface area contributed by atoms with Crippen molar-refractivity contribution in [3.05, 3.63) is 42.1 Å². The second kappa shape index (κ2) is 8.80. The molecule has 140 valence electrons. The Hall–Kier alpha value is -2.41. The highest BCUT2D eigenvalue weighted by Gasteiger charge is 2.20. The molecule has 3 rings (SSSR count). The minimum Gasteiger partial charge on any atom is -0.481 e. The molecule has 0 aliphatic carbocycles. The fourth-order valence-electron chi connectivity index (χ4n) is 3.34. The van der Waals surface area contributed by atoms with Gasteiger partial charge in [-0.2, -0.15) is 0 Å². The number of aryl methyl sites for hydroxylation is 2. The van der Waals surface area contributed by atoms with E-state index < -0.39 is 0 Å². The Bertz CT molecular complexity index is 730. The molecule has 1 amide bonds. The highest BCUT2D eigenvalue weighted by molar-refractivity contribution is 5.94. The Labute approximate surface area is 154 Å². The number of hydrogen-bond donors (Lipinski definition) is 0. The van der Waals surface area contributed by atoms with Gasteiger partial charge in [0.25, 0.3) is 5.91 Å². The number of carbonyl (C=O) groups excluding carboxylic acids is 1. The molecule has 7 heteroatoms. The molecular formula is C19H27N5O2. The second-order valence-corrected chi connectivity index (χ2v) is 6.60. The van der Waals surface area contributed by atoms with Gasteiger partial charge in [0.15, 0.2) is 0 Å². The van der Waals surface area contributed by atoms with Crippen molar-refractivity contribution >= 4 is 5.91 Å². The van der Waals surface area contributed by atoms with Gasteiger partial charge in [-0.3, -0.25) is 4.79 Å². The smallest absolute Gasteiger partial charge is 0.254 e. The van der Waals surface area contributed by atoms with Crippen molar-refractivity contribution in [1.29, 1.82) is 0 Å². The van der Waals surface area contributed by atoms with Gasteiger partial charge >= 0.3 is 0 Å². The maximum absolute atomic E-state index is 12.7. The molecule has 1 aliphatic rings. The van der Waals surface area contributed by atoms with Crippen LogP contribution in [0.25, 0.3) is 0 Å². The lowest BCUT2D eigenvalue weighted by Gasteiger charge is -2.22. The van der Waals surface area contributed by atoms with Crippen LogP contribution in [0, 0.1) is 6.92 Å². The third kappa shape index (κ3) is 4.60. The predicted molar refractivity (Wildman–Crippen MR) is 99.3 cm³/mol. The molecule has 0 unspecified atom stereocenters. The number of nitrogens with zero attached hydrogens (tertiary/aromatic N) is 5. The molecule has 0 atom stereocenters. The third-order valence-electron chi connectivity index (χ3n) is 4.86. The quantitative estimate of drug-likeness (QED) is 0.789. The van der Waals surface area contributed by atoms with E-state index in [1.54, 1.807) is 25.4 Å². The molecule has 0 spiro atoms. The van der Waals surface area contributed by atoms with E-state index in [-0.39, 0.29) is 5.91 Å². The van der Waals surface area contributed by atoms with Crippen molar-refractivity contribution in [2.45, 2.75) is 26.3 Å². The lowest BCUT2D eigenvalue weighted by molar-refractivity contribution is 0.0760. The van der Waals surface area contributed by atoms with E-state index in [4.69, 9.17) is 4.74 Å². The van der Waals surface area contributed by atoms with Gasteiger partial charge in [-0.25, -0.2) is 9.97 Å². The number of hydrogen-bond acceptors (Lipinski definition) is 5. The van der Waals surface area contributed by atoms with Gasteiger partial charge < -0.3 is 19.1 Å². The fraction of sp³-hybridized carbons (Fsp3) is 0.526. The van der Waals surface area contributed by atoms with E-state index in [1.807, 2.05) is 24.2 Å². The Kier molecular flexibility index (Phi) is 6.22. The van der Waals surface area contributed by atoms with Gasteiger partial charge in [0, 0.05) is 56.4 Å². The van der Waals surface area contributed by atoms with Crippen LogP contribution in [-0.4, -0.2) is 70.1 Å². The lowest BCUT2D eigenvalue weighted by atomic mass is 10.2. The predicted octanol–water partition coefficient (Wildman–Crippen LogP) is 1.83. The zero-order chi connectivity index (χ0) is 18.4. The first-order valence-corrected chi connectivity index (χ1v) is 9.17. The average molecular weight is 357 g/mol. The molecule has 26 heavy (non-hydrogen) atoms. The summed E-state index contributed by atoms with van der Waals surface area (Å²) in [5, 5.41) is 0. The summed E-state index contributed by atoms with van der Waals surface area (Å²) in [5.74, 6) is 1.59. The van der Waals surface area contributed by atoms with Crippen LogP contribution in [-0.2, 0) is 6.54 Å². The first-order valence-electron chi connectivity index (χ1n) is 9.17. The molecule has 3 heterocycles. The first kappa shape index (κ1) is 18.4. The van der Waals surface area contributed by atoms with Gasteiger partial charge in [-0.15, -0.1) is 0 Å². The fourth-order valence-corrected chi connectivity index (χ4v) is 3.34. The number of aromatic nitrogens is 3. The summed E-state index contributed by atoms with van der Waals surface area (Å²) >= 11 is 0. The molecular weight excluding hydrogens is 330 g/mol. The van der Waals surface area contributed by atoms with Crippen molar-refractivity contribution in [3.8, 4) is 5.88 Å². The summed E-state index contributed by atoms with van der Waals surface area (Å²) < 4.78 is 7.31. The number of methoxy groups -OCH3 is 1. The summed E-state index contributed by atoms with van der Waals surface area (Å²) in [6.45, 7) is 7.56. The van der Waals surface area contributed by atoms with Crippen LogP contribution >= 0.6 is 0 Å². The van der Waals surface area contributed by atoms with Crippen LogP contribution in [0.2, 0.25) is 0 Å². The minimum atomic E-state index is 0.0570. The summed E-state index contributed by atoms with van der Waals surface area (Å²) in [7, 11) is 1.56. The average Bonchev–Trinajstić information content (AvgIpc) is 2.93. The third-order valence-corrected chi connectivity index (χ3v) is 4.86. The van der Waals surface area contributed by atoms with Crippen molar-refractivity contribution in [2.75, 3.05) is 39.8 Å². The zero-order valence-corrected chi connectivity index (χ0v) is 15.6. The van der Waals surface area contributed by atoms with Gasteiger partial charge in [-0.1, -0.05) is 0 Å². The molecule has 0 saturated carbocycles. The van der Waals surface area contributed by atoms with Crippen molar-refractivity contribution in [2.24, 2.45) is 0 Å². The van der Waals surface area contributed by atoms with E-state index in [2.05, 4.69) is 19.4 Å². The summed E-state index contributed by atoms with van der Waals surface area (Å²) in [6, 6.07) is 3.46. The Morgan fingerprint density at radius 3 is 2.81 bits per heavy atom. The number of imidazole rings is 1. The SMILES string of the molecule is COc1cc(C(=O)N2CCCN(CCCn3ccnc3C)CC2)ccn1. The maximum Gasteiger partial charge on any atom is 0.254 e. The highest BCUT2D eigenvalue weighted by atomic mass is 16.5. The van der Waals surface area contributed by atoms with Crippen molar-refractivity contribution < 1.29 is 9.53 Å². The molecule has 0 N–H and O–H groups in total. The molecule has 7 nitrogen and oxygen atoms in total. The maximum atomic E-state index is 12.7. The van der Waals surface area contributed by atoms with Crippen molar-refractivity contribution in [1.82, 2.24) is 24.3 Å². The van der Waals surface area contributed by atoms with E-state index in [0.717, 1.165) is 57.9 Å². The molecule has 0 aromatic carbocycles. The standard InChI is InChI=1S/C19H27N5O2/c1-16-20-7-12-23(16)10-3-8-22-9-4-11-24(14-13-22)19(25)17-5-6-21-18(15-17)26-2/h5-7,12,15H,3-4,8-11,13-14H2,1-2H3. The van der Waals surface area contributed by atoms with E-state index in [9.17, 15) is 4.79 Å². The first-order chi connectivity index (χ1) is 12.7. The van der Waals surface area contributed by atoms with Gasteiger partial charge in [0.05, 0.1) is 7.11 Å². The number of rotatable bonds is 6. The zero-order valence-electron chi connectivity index (χ0n) is 15.6. The Morgan fingerprint density at radius 2 is 2.04 bits per heavy atom. The number of carbonyl (C=O) groups is 1. The van der Waals surface area contributed by atoms with Crippen LogP contribution in [0.15, 0.2) is 30.7 Å². The molecule has 2 aromatic rings. The minimum absolute atomic E-state index is 0.0570. The highest BCUT2D eigenvalue weighted by Crippen LogP contribution is 2.13. The van der Waals surface area contributed by atoms with Gasteiger partial charge in [0.2, 0.25) is 5.88 Å². The van der Waals surface area contributed by atoms with Gasteiger partial charge in [-0.05, 0) is 38.9 Å². The second-order valence-electron chi connectivity index (χ2n) is 6.60. The topological polar surface area (TPSA) is 63.5 Å². The van der Waals surface area contributed by atoms with Gasteiger partial charge in [0.1, 0.15) is 5.82 Å². The molecule has 2 aromatic heterocycles. The number of ether oxygens (including phenoxy) is 1. The lowest BCUT2D eigenvalue weighted by Crippen LogP contribution is -2.35. The number of pyridine rings is 1. The van der Waals surface area contributed by atoms with E-state index >= 15 is 0 Å². The van der Waals surface area contributed by atoms with Crippen molar-refractivity contribution in [3.63, 3.8) is 0 Å². The molecule has 1 aliphatic heterocycles. The molecule has 1 saturated heterocycles. The van der Waals surface area contributed by atoms with Crippen LogP contribution in [0.3, 0.4) is 0 Å². The molecule has 0 radical (unpaired) electrons. The number of amides is 1. The van der Waals surface area contributed by atoms with Crippen LogP contribution in [0.5, 0.6) is 5.88 Å². The van der Waals surface area contributed by atoms with Crippen LogP contribution in [0.1, 0.15) is 29.0 Å². The Morgan fingerprint density at radius 1 is 1.15 bits per heavy atom. The van der Waals surface area contributed by atoms with Crippen LogP contribution < -0.4 is 4.74 Å². The summed E-state index contributed by atoms with van der Waals surface area (Å²) in [5.41, 5.74) is 0.640. The summed E-state index contributed by atoms with van der Waals surface area (Å²) in [4.78, 5) is 25.5. The monoisotopic (exact) mass is 357 g/mol. The molecule has 0 bridgehead atoms. The van der Waals surface area contributed by atoms with Crippen LogP contribution in [0.4, 0.5) is 0 Å². The van der Waals surface area contributed by atoms with E-state index in [1.165, 1.54) is 0 Å². The summed E-state index contributed by atoms with van der Waals surface area (Å²) in [6.07, 6.45) is 7.58. The largest absolute Gasteiger partial charge is 0.481 e. The molecule has 1 fully saturated rings. The Balaban J connectivity index is 1.49.